The van der Waals surface area contributed by atoms with Gasteiger partial charge >= 0.3 is 0 Å². The normalized spacial score (nSPS) is 13.5. The van der Waals surface area contributed by atoms with Crippen molar-refractivity contribution in [2.24, 2.45) is 0 Å². The van der Waals surface area contributed by atoms with Crippen LogP contribution in [0.4, 0.5) is 0 Å². The Kier molecular flexibility index (Phi) is 8.15. The molecule has 1 N–H and O–H groups in total. The van der Waals surface area contributed by atoms with E-state index in [-0.39, 0.29) is 23.6 Å². The van der Waals surface area contributed by atoms with Crippen molar-refractivity contribution in [3.05, 3.63) is 141 Å². The Balaban J connectivity index is 1.66. The molecule has 0 aliphatic carbocycles. The summed E-state index contributed by atoms with van der Waals surface area (Å²) in [6.07, 6.45) is 2.61. The summed E-state index contributed by atoms with van der Waals surface area (Å²) in [5, 5.41) is 14.0. The number of hydrogen-bond donors (Lipinski definition) is 1. The van der Waals surface area contributed by atoms with Crippen LogP contribution < -0.4 is 10.9 Å². The van der Waals surface area contributed by atoms with E-state index in [2.05, 4.69) is 48.6 Å². The molecule has 4 rings (SSSR count). The van der Waals surface area contributed by atoms with Gasteiger partial charge in [-0.1, -0.05) is 72.3 Å². The molecule has 1 heterocycles. The second-order valence-corrected chi connectivity index (χ2v) is 9.22. The summed E-state index contributed by atoms with van der Waals surface area (Å²) in [6.45, 7) is 2.68. The average Bonchev–Trinajstić information content (AvgIpc) is 2.89. The number of aromatic nitrogens is 1. The number of rotatable bonds is 9. The van der Waals surface area contributed by atoms with Gasteiger partial charge in [0.05, 0.1) is 17.7 Å². The maximum Gasteiger partial charge on any atom is 0.250 e. The average molecular weight is 482 g/mol. The third-order valence-corrected chi connectivity index (χ3v) is 6.61. The van der Waals surface area contributed by atoms with Crippen LogP contribution in [0.25, 0.3) is 0 Å². The number of hydrogen-bond acceptors (Lipinski definition) is 3. The van der Waals surface area contributed by atoms with Crippen LogP contribution in [0.1, 0.15) is 41.1 Å². The molecule has 3 aromatic carbocycles. The Hall–Kier alpha value is -3.65. The molecule has 4 nitrogen and oxygen atoms in total. The van der Waals surface area contributed by atoms with Crippen molar-refractivity contribution in [1.82, 2.24) is 9.88 Å². The standard InChI is InChI=1S/C30H28ClN3O/c1-22(33-29(25-9-3-2-4-10-25)21-34-17-6-5-12-30(34)35)28(19-23-13-15-27(31)16-14-23)26-11-7-8-24(18-26)20-32/h2-18,22,28-29,33H,19,21H2,1H3/t22-,28+,29?/m0/s1. The predicted molar refractivity (Wildman–Crippen MR) is 142 cm³/mol. The second kappa shape index (κ2) is 11.7. The predicted octanol–water partition coefficient (Wildman–Crippen LogP) is 6.12. The minimum Gasteiger partial charge on any atom is -0.314 e. The number of benzene rings is 3. The quantitative estimate of drug-likeness (QED) is 0.313. The van der Waals surface area contributed by atoms with E-state index in [1.54, 1.807) is 16.7 Å². The molecule has 4 aromatic rings. The minimum absolute atomic E-state index is 0.0256. The first kappa shape index (κ1) is 24.5. The van der Waals surface area contributed by atoms with E-state index in [1.165, 1.54) is 5.56 Å². The van der Waals surface area contributed by atoms with Gasteiger partial charge in [0.15, 0.2) is 0 Å². The monoisotopic (exact) mass is 481 g/mol. The van der Waals surface area contributed by atoms with Gasteiger partial charge in [0.25, 0.3) is 5.56 Å². The molecule has 0 saturated heterocycles. The number of halogens is 1. The topological polar surface area (TPSA) is 57.8 Å². The largest absolute Gasteiger partial charge is 0.314 e. The summed E-state index contributed by atoms with van der Waals surface area (Å²) in [7, 11) is 0. The van der Waals surface area contributed by atoms with Gasteiger partial charge in [0.2, 0.25) is 0 Å². The van der Waals surface area contributed by atoms with Gasteiger partial charge in [-0.25, -0.2) is 0 Å². The molecule has 0 aliphatic heterocycles. The molecule has 0 amide bonds. The number of nitrogens with one attached hydrogen (secondary N) is 1. The zero-order valence-corrected chi connectivity index (χ0v) is 20.4. The van der Waals surface area contributed by atoms with Crippen LogP contribution in [0, 0.1) is 11.3 Å². The smallest absolute Gasteiger partial charge is 0.250 e. The van der Waals surface area contributed by atoms with E-state index in [1.807, 2.05) is 60.8 Å². The highest BCUT2D eigenvalue weighted by atomic mass is 35.5. The van der Waals surface area contributed by atoms with Crippen molar-refractivity contribution in [3.8, 4) is 6.07 Å². The SMILES string of the molecule is C[C@H](NC(Cn1ccccc1=O)c1ccccc1)[C@@H](Cc1ccc(Cl)cc1)c1cccc(C#N)c1. The molecule has 0 fully saturated rings. The van der Waals surface area contributed by atoms with Crippen molar-refractivity contribution < 1.29 is 0 Å². The molecule has 0 bridgehead atoms. The Morgan fingerprint density at radius 1 is 0.914 bits per heavy atom. The number of pyridine rings is 1. The summed E-state index contributed by atoms with van der Waals surface area (Å²) in [5.74, 6) is 0.100. The van der Waals surface area contributed by atoms with Crippen molar-refractivity contribution in [2.75, 3.05) is 0 Å². The fourth-order valence-corrected chi connectivity index (χ4v) is 4.60. The zero-order chi connectivity index (χ0) is 24.6. The maximum atomic E-state index is 12.5. The first-order valence-electron chi connectivity index (χ1n) is 11.7. The van der Waals surface area contributed by atoms with Gasteiger partial charge in [-0.05, 0) is 60.4 Å². The lowest BCUT2D eigenvalue weighted by atomic mass is 9.85. The molecule has 176 valence electrons. The Morgan fingerprint density at radius 3 is 2.34 bits per heavy atom. The Morgan fingerprint density at radius 2 is 1.63 bits per heavy atom. The van der Waals surface area contributed by atoms with Gasteiger partial charge in [-0.2, -0.15) is 5.26 Å². The molecule has 0 spiro atoms. The van der Waals surface area contributed by atoms with Gasteiger partial charge in [0, 0.05) is 35.8 Å². The molecule has 0 saturated carbocycles. The van der Waals surface area contributed by atoms with E-state index in [0.717, 1.165) is 17.5 Å². The van der Waals surface area contributed by atoms with Crippen molar-refractivity contribution >= 4 is 11.6 Å². The van der Waals surface area contributed by atoms with Gasteiger partial charge in [-0.15, -0.1) is 0 Å². The van der Waals surface area contributed by atoms with Crippen LogP contribution in [0.5, 0.6) is 0 Å². The summed E-state index contributed by atoms with van der Waals surface area (Å²) in [6, 6.07) is 33.4. The molecular weight excluding hydrogens is 454 g/mol. The number of nitrogens with zero attached hydrogens (tertiary/aromatic N) is 2. The maximum absolute atomic E-state index is 12.5. The summed E-state index contributed by atoms with van der Waals surface area (Å²) in [4.78, 5) is 12.5. The van der Waals surface area contributed by atoms with Crippen LogP contribution in [0.15, 0.2) is 108 Å². The van der Waals surface area contributed by atoms with E-state index < -0.39 is 0 Å². The molecule has 0 aliphatic rings. The third kappa shape index (κ3) is 6.48. The first-order chi connectivity index (χ1) is 17.0. The lowest BCUT2D eigenvalue weighted by molar-refractivity contribution is 0.366. The van der Waals surface area contributed by atoms with Crippen LogP contribution in [-0.4, -0.2) is 10.6 Å². The van der Waals surface area contributed by atoms with E-state index >= 15 is 0 Å². The molecule has 35 heavy (non-hydrogen) atoms. The summed E-state index contributed by atoms with van der Waals surface area (Å²) in [5.41, 5.74) is 4.01. The first-order valence-corrected chi connectivity index (χ1v) is 12.1. The van der Waals surface area contributed by atoms with Crippen molar-refractivity contribution in [2.45, 2.75) is 37.9 Å². The lowest BCUT2D eigenvalue weighted by Gasteiger charge is -2.31. The van der Waals surface area contributed by atoms with Gasteiger partial charge in [-0.3, -0.25) is 4.79 Å². The second-order valence-electron chi connectivity index (χ2n) is 8.78. The van der Waals surface area contributed by atoms with E-state index in [9.17, 15) is 10.1 Å². The third-order valence-electron chi connectivity index (χ3n) is 6.36. The highest BCUT2D eigenvalue weighted by Crippen LogP contribution is 2.28. The van der Waals surface area contributed by atoms with E-state index in [0.29, 0.717) is 17.1 Å². The van der Waals surface area contributed by atoms with Gasteiger partial charge < -0.3 is 9.88 Å². The molecule has 1 aromatic heterocycles. The highest BCUT2D eigenvalue weighted by molar-refractivity contribution is 6.30. The van der Waals surface area contributed by atoms with Crippen LogP contribution in [0.3, 0.4) is 0 Å². The van der Waals surface area contributed by atoms with Crippen molar-refractivity contribution in [1.29, 1.82) is 5.26 Å². The zero-order valence-electron chi connectivity index (χ0n) is 19.6. The molecule has 3 atom stereocenters. The van der Waals surface area contributed by atoms with Crippen LogP contribution in [-0.2, 0) is 13.0 Å². The van der Waals surface area contributed by atoms with Crippen LogP contribution in [0.2, 0.25) is 5.02 Å². The molecular formula is C30H28ClN3O. The van der Waals surface area contributed by atoms with Crippen LogP contribution >= 0.6 is 11.6 Å². The summed E-state index contributed by atoms with van der Waals surface area (Å²) < 4.78 is 1.74. The lowest BCUT2D eigenvalue weighted by Crippen LogP contribution is -2.39. The molecule has 1 unspecified atom stereocenters. The number of nitriles is 1. The van der Waals surface area contributed by atoms with Crippen molar-refractivity contribution in [3.63, 3.8) is 0 Å². The minimum atomic E-state index is -0.0711. The molecule has 0 radical (unpaired) electrons. The fourth-order valence-electron chi connectivity index (χ4n) is 4.48. The fraction of sp³-hybridized carbons (Fsp3) is 0.200. The highest BCUT2D eigenvalue weighted by Gasteiger charge is 2.24. The Labute approximate surface area is 211 Å². The Bertz CT molecular complexity index is 1340. The molecule has 5 heteroatoms. The van der Waals surface area contributed by atoms with E-state index in [4.69, 9.17) is 11.6 Å². The summed E-state index contributed by atoms with van der Waals surface area (Å²) >= 11 is 6.12. The van der Waals surface area contributed by atoms with Gasteiger partial charge in [0.1, 0.15) is 0 Å².